The van der Waals surface area contributed by atoms with Gasteiger partial charge in [-0.15, -0.1) is 0 Å². The Morgan fingerprint density at radius 2 is 1.88 bits per heavy atom. The Morgan fingerprint density at radius 3 is 2.58 bits per heavy atom. The van der Waals surface area contributed by atoms with Gasteiger partial charge in [-0.25, -0.2) is 4.98 Å². The summed E-state index contributed by atoms with van der Waals surface area (Å²) < 4.78 is 48.6. The van der Waals surface area contributed by atoms with Crippen LogP contribution in [-0.2, 0) is 26.9 Å². The summed E-state index contributed by atoms with van der Waals surface area (Å²) in [5.41, 5.74) is 0.0555. The molecule has 174 valence electrons. The number of carbonyl (C=O) groups is 2. The fourth-order valence-corrected chi connectivity index (χ4v) is 3.76. The molecule has 1 aromatic carbocycles. The van der Waals surface area contributed by atoms with Crippen LogP contribution in [0.5, 0.6) is 0 Å². The van der Waals surface area contributed by atoms with Gasteiger partial charge in [0.15, 0.2) is 12.2 Å². The smallest absolute Gasteiger partial charge is 0.417 e. The maximum absolute atomic E-state index is 12.8. The summed E-state index contributed by atoms with van der Waals surface area (Å²) in [4.78, 5) is 31.6. The molecule has 8 nitrogen and oxygen atoms in total. The third-order valence-electron chi connectivity index (χ3n) is 5.20. The molecule has 1 aliphatic rings. The summed E-state index contributed by atoms with van der Waals surface area (Å²) in [5.74, 6) is -0.760. The van der Waals surface area contributed by atoms with Crippen LogP contribution in [-0.4, -0.2) is 59.7 Å². The molecule has 1 fully saturated rings. The van der Waals surface area contributed by atoms with E-state index in [0.717, 1.165) is 12.3 Å². The predicted molar refractivity (Wildman–Crippen MR) is 112 cm³/mol. The van der Waals surface area contributed by atoms with Crippen LogP contribution in [0.2, 0.25) is 5.02 Å². The normalized spacial score (nSPS) is 14.5. The lowest BCUT2D eigenvalue weighted by atomic mass is 10.2. The number of hydrogen-bond donors (Lipinski definition) is 0. The Hall–Kier alpha value is -3.34. The molecule has 3 aromatic rings. The van der Waals surface area contributed by atoms with E-state index in [9.17, 15) is 22.8 Å². The standard InChI is InChI=1S/C21H18ClF3N4O4/c22-15-9-13(21(23,24)25)11-26-20(15)29-7-5-28(6-8-29)18(30)12-32-19(31)10-16-14-3-1-2-4-17(14)33-27-16/h1-4,9,11H,5-8,10,12H2. The molecule has 0 saturated carbocycles. The van der Waals surface area contributed by atoms with Crippen molar-refractivity contribution in [3.63, 3.8) is 0 Å². The topological polar surface area (TPSA) is 88.8 Å². The zero-order chi connectivity index (χ0) is 23.6. The maximum atomic E-state index is 12.8. The lowest BCUT2D eigenvalue weighted by Crippen LogP contribution is -2.50. The molecule has 0 unspecified atom stereocenters. The molecule has 0 atom stereocenters. The summed E-state index contributed by atoms with van der Waals surface area (Å²) in [6.07, 6.45) is -3.93. The number of aromatic nitrogens is 2. The molecule has 1 saturated heterocycles. The van der Waals surface area contributed by atoms with Crippen LogP contribution in [0.25, 0.3) is 11.0 Å². The van der Waals surface area contributed by atoms with Crippen molar-refractivity contribution in [2.75, 3.05) is 37.7 Å². The molecule has 0 spiro atoms. The number of ether oxygens (including phenoxy) is 1. The Morgan fingerprint density at radius 1 is 1.15 bits per heavy atom. The van der Waals surface area contributed by atoms with Crippen molar-refractivity contribution in [2.45, 2.75) is 12.6 Å². The number of hydrogen-bond acceptors (Lipinski definition) is 7. The first-order valence-corrected chi connectivity index (χ1v) is 10.3. The van der Waals surface area contributed by atoms with Crippen LogP contribution in [0.15, 0.2) is 41.1 Å². The first kappa shape index (κ1) is 22.8. The van der Waals surface area contributed by atoms with Crippen LogP contribution < -0.4 is 4.90 Å². The molecule has 4 rings (SSSR count). The largest absolute Gasteiger partial charge is 0.455 e. The SMILES string of the molecule is O=C(Cc1noc2ccccc12)OCC(=O)N1CCN(c2ncc(C(F)(F)F)cc2Cl)CC1. The molecule has 0 bridgehead atoms. The van der Waals surface area contributed by atoms with Crippen molar-refractivity contribution in [1.82, 2.24) is 15.0 Å². The van der Waals surface area contributed by atoms with E-state index < -0.39 is 24.3 Å². The molecule has 33 heavy (non-hydrogen) atoms. The minimum Gasteiger partial charge on any atom is -0.455 e. The third kappa shape index (κ3) is 5.19. The molecule has 3 heterocycles. The van der Waals surface area contributed by atoms with Gasteiger partial charge in [-0.1, -0.05) is 28.9 Å². The Bertz CT molecular complexity index is 1180. The van der Waals surface area contributed by atoms with E-state index in [-0.39, 0.29) is 36.3 Å². The number of pyridine rings is 1. The fraction of sp³-hybridized carbons (Fsp3) is 0.333. The Balaban J connectivity index is 1.27. The quantitative estimate of drug-likeness (QED) is 0.515. The van der Waals surface area contributed by atoms with Crippen molar-refractivity contribution in [1.29, 1.82) is 0 Å². The minimum atomic E-state index is -4.53. The molecule has 0 aliphatic carbocycles. The second kappa shape index (κ2) is 9.26. The monoisotopic (exact) mass is 482 g/mol. The molecular weight excluding hydrogens is 465 g/mol. The van der Waals surface area contributed by atoms with E-state index in [2.05, 4.69) is 10.1 Å². The lowest BCUT2D eigenvalue weighted by Gasteiger charge is -2.35. The highest BCUT2D eigenvalue weighted by atomic mass is 35.5. The van der Waals surface area contributed by atoms with Gasteiger partial charge < -0.3 is 19.1 Å². The summed E-state index contributed by atoms with van der Waals surface area (Å²) in [6.45, 7) is 0.784. The summed E-state index contributed by atoms with van der Waals surface area (Å²) in [5, 5.41) is 4.45. The minimum absolute atomic E-state index is 0.112. The number of fused-ring (bicyclic) bond motifs is 1. The van der Waals surface area contributed by atoms with E-state index in [4.69, 9.17) is 20.9 Å². The highest BCUT2D eigenvalue weighted by Crippen LogP contribution is 2.33. The van der Waals surface area contributed by atoms with Gasteiger partial charge in [-0.05, 0) is 18.2 Å². The summed E-state index contributed by atoms with van der Waals surface area (Å²) >= 11 is 5.99. The van der Waals surface area contributed by atoms with Crippen LogP contribution >= 0.6 is 11.6 Å². The number of piperazine rings is 1. The number of carbonyl (C=O) groups excluding carboxylic acids is 2. The first-order valence-electron chi connectivity index (χ1n) is 9.97. The highest BCUT2D eigenvalue weighted by Gasteiger charge is 2.32. The van der Waals surface area contributed by atoms with E-state index in [0.29, 0.717) is 29.8 Å². The van der Waals surface area contributed by atoms with Gasteiger partial charge >= 0.3 is 12.1 Å². The van der Waals surface area contributed by atoms with Crippen molar-refractivity contribution >= 4 is 40.3 Å². The van der Waals surface area contributed by atoms with Crippen molar-refractivity contribution in [3.8, 4) is 0 Å². The second-order valence-corrected chi connectivity index (χ2v) is 7.77. The number of amides is 1. The fourth-order valence-electron chi connectivity index (χ4n) is 3.47. The molecule has 0 radical (unpaired) electrons. The van der Waals surface area contributed by atoms with Crippen LogP contribution in [0.3, 0.4) is 0 Å². The van der Waals surface area contributed by atoms with Gasteiger partial charge in [0.25, 0.3) is 5.91 Å². The number of alkyl halides is 3. The van der Waals surface area contributed by atoms with Gasteiger partial charge in [0.05, 0.1) is 17.0 Å². The van der Waals surface area contributed by atoms with Crippen molar-refractivity contribution in [3.05, 3.63) is 52.8 Å². The first-order chi connectivity index (χ1) is 15.7. The molecule has 1 aliphatic heterocycles. The number of para-hydroxylation sites is 1. The van der Waals surface area contributed by atoms with E-state index >= 15 is 0 Å². The van der Waals surface area contributed by atoms with Gasteiger partial charge in [-0.2, -0.15) is 13.2 Å². The molecule has 0 N–H and O–H groups in total. The van der Waals surface area contributed by atoms with Gasteiger partial charge in [0.1, 0.15) is 11.5 Å². The molecule has 2 aromatic heterocycles. The Kier molecular flexibility index (Phi) is 6.41. The third-order valence-corrected chi connectivity index (χ3v) is 5.48. The zero-order valence-corrected chi connectivity index (χ0v) is 17.9. The predicted octanol–water partition coefficient (Wildman–Crippen LogP) is 3.33. The molecular formula is C21H18ClF3N4O4. The van der Waals surface area contributed by atoms with Crippen molar-refractivity contribution in [2.24, 2.45) is 0 Å². The van der Waals surface area contributed by atoms with Crippen LogP contribution in [0.4, 0.5) is 19.0 Å². The average molecular weight is 483 g/mol. The van der Waals surface area contributed by atoms with Crippen LogP contribution in [0.1, 0.15) is 11.3 Å². The van der Waals surface area contributed by atoms with Gasteiger partial charge in [-0.3, -0.25) is 9.59 Å². The van der Waals surface area contributed by atoms with Crippen LogP contribution in [0, 0.1) is 0 Å². The highest BCUT2D eigenvalue weighted by molar-refractivity contribution is 6.33. The number of anilines is 1. The zero-order valence-electron chi connectivity index (χ0n) is 17.1. The number of nitrogens with zero attached hydrogens (tertiary/aromatic N) is 4. The van der Waals surface area contributed by atoms with E-state index in [1.807, 2.05) is 0 Å². The number of rotatable bonds is 5. The van der Waals surface area contributed by atoms with Gasteiger partial charge in [0, 0.05) is 37.8 Å². The van der Waals surface area contributed by atoms with Gasteiger partial charge in [0.2, 0.25) is 0 Å². The van der Waals surface area contributed by atoms with Crippen molar-refractivity contribution < 1.29 is 32.0 Å². The molecule has 12 heteroatoms. The average Bonchev–Trinajstić information content (AvgIpc) is 3.20. The number of esters is 1. The number of halogens is 4. The molecule has 1 amide bonds. The Labute approximate surface area is 190 Å². The summed E-state index contributed by atoms with van der Waals surface area (Å²) in [6, 6.07) is 7.92. The van der Waals surface area contributed by atoms with E-state index in [1.54, 1.807) is 29.2 Å². The van der Waals surface area contributed by atoms with E-state index in [1.165, 1.54) is 4.90 Å². The number of benzene rings is 1. The lowest BCUT2D eigenvalue weighted by molar-refractivity contribution is -0.151. The second-order valence-electron chi connectivity index (χ2n) is 7.36. The maximum Gasteiger partial charge on any atom is 0.417 e. The summed E-state index contributed by atoms with van der Waals surface area (Å²) in [7, 11) is 0.